The Hall–Kier alpha value is -1.79. The lowest BCUT2D eigenvalue weighted by Gasteiger charge is -2.29. The van der Waals surface area contributed by atoms with Gasteiger partial charge in [-0.15, -0.1) is 5.10 Å². The molecule has 0 amide bonds. The van der Waals surface area contributed by atoms with Crippen LogP contribution in [0.2, 0.25) is 10.0 Å². The minimum absolute atomic E-state index is 0.0843. The van der Waals surface area contributed by atoms with Gasteiger partial charge in [0.1, 0.15) is 5.82 Å². The molecule has 1 aliphatic heterocycles. The second-order valence-corrected chi connectivity index (χ2v) is 5.83. The topological polar surface area (TPSA) is 94.0 Å². The smallest absolute Gasteiger partial charge is 0.329 e. The van der Waals surface area contributed by atoms with Crippen LogP contribution in [0.15, 0.2) is 18.2 Å². The van der Waals surface area contributed by atoms with Crippen LogP contribution in [0.25, 0.3) is 0 Å². The summed E-state index contributed by atoms with van der Waals surface area (Å²) in [7, 11) is 0. The van der Waals surface area contributed by atoms with Crippen molar-refractivity contribution >= 4 is 35.1 Å². The fourth-order valence-electron chi connectivity index (χ4n) is 2.79. The molecule has 110 valence electrons. The van der Waals surface area contributed by atoms with Gasteiger partial charge in [-0.05, 0) is 30.2 Å². The van der Waals surface area contributed by atoms with Crippen molar-refractivity contribution in [2.24, 2.45) is 0 Å². The number of carboxylic acid groups (broad SMARTS) is 1. The number of hydrogen-bond acceptors (Lipinski definition) is 4. The summed E-state index contributed by atoms with van der Waals surface area (Å²) in [6, 6.07) is 4.22. The second-order valence-electron chi connectivity index (χ2n) is 4.96. The Morgan fingerprint density at radius 3 is 2.62 bits per heavy atom. The van der Waals surface area contributed by atoms with E-state index in [0.717, 1.165) is 5.56 Å². The van der Waals surface area contributed by atoms with Crippen LogP contribution in [-0.4, -0.2) is 25.8 Å². The van der Waals surface area contributed by atoms with Crippen LogP contribution in [-0.2, 0) is 11.2 Å². The van der Waals surface area contributed by atoms with Gasteiger partial charge >= 0.3 is 5.97 Å². The lowest BCUT2D eigenvalue weighted by Crippen LogP contribution is -2.32. The number of carboxylic acids is 1. The SMILES string of the molecule is Nc1nc2n(n1)C(C(=O)O)C(c1cc(Cl)cc(Cl)c1)CC2. The van der Waals surface area contributed by atoms with E-state index in [2.05, 4.69) is 10.1 Å². The highest BCUT2D eigenvalue weighted by Crippen LogP contribution is 2.39. The Bertz CT molecular complexity index is 696. The summed E-state index contributed by atoms with van der Waals surface area (Å²) in [5, 5.41) is 14.5. The highest BCUT2D eigenvalue weighted by atomic mass is 35.5. The van der Waals surface area contributed by atoms with E-state index in [1.54, 1.807) is 18.2 Å². The van der Waals surface area contributed by atoms with Crippen molar-refractivity contribution in [2.75, 3.05) is 5.73 Å². The van der Waals surface area contributed by atoms with Gasteiger partial charge in [-0.3, -0.25) is 0 Å². The third kappa shape index (κ3) is 2.56. The van der Waals surface area contributed by atoms with Crippen LogP contribution >= 0.6 is 23.2 Å². The maximum Gasteiger partial charge on any atom is 0.329 e. The van der Waals surface area contributed by atoms with Crippen molar-refractivity contribution in [3.63, 3.8) is 0 Å². The molecule has 0 bridgehead atoms. The Kier molecular flexibility index (Phi) is 3.51. The summed E-state index contributed by atoms with van der Waals surface area (Å²) in [4.78, 5) is 15.7. The molecule has 0 aliphatic carbocycles. The average Bonchev–Trinajstić information content (AvgIpc) is 2.75. The fraction of sp³-hybridized carbons (Fsp3) is 0.308. The highest BCUT2D eigenvalue weighted by Gasteiger charge is 2.37. The van der Waals surface area contributed by atoms with Crippen LogP contribution in [0.3, 0.4) is 0 Å². The molecule has 3 rings (SSSR count). The van der Waals surface area contributed by atoms with Gasteiger partial charge in [0, 0.05) is 22.4 Å². The Morgan fingerprint density at radius 2 is 2.00 bits per heavy atom. The first-order chi connectivity index (χ1) is 9.95. The van der Waals surface area contributed by atoms with E-state index >= 15 is 0 Å². The molecule has 1 aromatic carbocycles. The molecule has 1 aliphatic rings. The third-order valence-corrected chi connectivity index (χ3v) is 4.04. The van der Waals surface area contributed by atoms with Gasteiger partial charge < -0.3 is 10.8 Å². The zero-order valence-electron chi connectivity index (χ0n) is 10.8. The monoisotopic (exact) mass is 326 g/mol. The summed E-state index contributed by atoms with van der Waals surface area (Å²) in [6.45, 7) is 0. The standard InChI is InChI=1S/C13H12Cl2N4O2/c14-7-3-6(4-8(15)5-7)9-1-2-10-17-13(16)18-19(10)11(9)12(20)21/h3-5,9,11H,1-2H2,(H2,16,18)(H,20,21). The van der Waals surface area contributed by atoms with Crippen LogP contribution in [0, 0.1) is 0 Å². The van der Waals surface area contributed by atoms with E-state index in [4.69, 9.17) is 28.9 Å². The molecule has 0 fully saturated rings. The predicted octanol–water partition coefficient (Wildman–Crippen LogP) is 2.52. The van der Waals surface area contributed by atoms with Gasteiger partial charge in [0.2, 0.25) is 5.95 Å². The lowest BCUT2D eigenvalue weighted by molar-refractivity contribution is -0.142. The first-order valence-corrected chi connectivity index (χ1v) is 7.11. The van der Waals surface area contributed by atoms with Crippen molar-refractivity contribution in [1.82, 2.24) is 14.8 Å². The van der Waals surface area contributed by atoms with E-state index in [9.17, 15) is 9.90 Å². The maximum absolute atomic E-state index is 11.7. The Labute approximate surface area is 130 Å². The molecule has 2 aromatic rings. The highest BCUT2D eigenvalue weighted by molar-refractivity contribution is 6.34. The molecule has 3 N–H and O–H groups in total. The third-order valence-electron chi connectivity index (χ3n) is 3.61. The summed E-state index contributed by atoms with van der Waals surface area (Å²) in [6.07, 6.45) is 1.22. The number of fused-ring (bicyclic) bond motifs is 1. The maximum atomic E-state index is 11.7. The number of nitrogens with zero attached hydrogens (tertiary/aromatic N) is 3. The quantitative estimate of drug-likeness (QED) is 0.884. The summed E-state index contributed by atoms with van der Waals surface area (Å²) in [5.74, 6) is -0.598. The van der Waals surface area contributed by atoms with Crippen LogP contribution in [0.1, 0.15) is 29.8 Å². The van der Waals surface area contributed by atoms with Crippen LogP contribution in [0.4, 0.5) is 5.95 Å². The predicted molar refractivity (Wildman–Crippen MR) is 78.6 cm³/mol. The van der Waals surface area contributed by atoms with Crippen molar-refractivity contribution in [3.05, 3.63) is 39.6 Å². The van der Waals surface area contributed by atoms with Crippen molar-refractivity contribution < 1.29 is 9.90 Å². The minimum atomic E-state index is -0.984. The van der Waals surface area contributed by atoms with Gasteiger partial charge in [-0.25, -0.2) is 9.48 Å². The minimum Gasteiger partial charge on any atom is -0.480 e. The number of nitrogen functional groups attached to an aromatic ring is 1. The molecular weight excluding hydrogens is 315 g/mol. The number of anilines is 1. The molecule has 2 heterocycles. The number of hydrogen-bond donors (Lipinski definition) is 2. The van der Waals surface area contributed by atoms with E-state index in [0.29, 0.717) is 28.7 Å². The number of carbonyl (C=O) groups is 1. The Morgan fingerprint density at radius 1 is 1.33 bits per heavy atom. The van der Waals surface area contributed by atoms with Crippen LogP contribution in [0.5, 0.6) is 0 Å². The molecule has 1 aromatic heterocycles. The summed E-state index contributed by atoms with van der Waals surface area (Å²) < 4.78 is 1.39. The van der Waals surface area contributed by atoms with E-state index in [-0.39, 0.29) is 11.9 Å². The molecule has 21 heavy (non-hydrogen) atoms. The molecule has 0 spiro atoms. The van der Waals surface area contributed by atoms with Gasteiger partial charge in [0.25, 0.3) is 0 Å². The van der Waals surface area contributed by atoms with Gasteiger partial charge in [-0.2, -0.15) is 4.98 Å². The molecule has 2 atom stereocenters. The molecule has 2 unspecified atom stereocenters. The molecule has 0 radical (unpaired) electrons. The number of aliphatic carboxylic acids is 1. The van der Waals surface area contributed by atoms with Crippen LogP contribution < -0.4 is 5.73 Å². The number of aromatic nitrogens is 3. The first-order valence-electron chi connectivity index (χ1n) is 6.35. The van der Waals surface area contributed by atoms with Gasteiger partial charge in [-0.1, -0.05) is 23.2 Å². The fourth-order valence-corrected chi connectivity index (χ4v) is 3.34. The van der Waals surface area contributed by atoms with Crippen molar-refractivity contribution in [3.8, 4) is 0 Å². The molecule has 0 saturated carbocycles. The number of halogens is 2. The molecule has 8 heteroatoms. The first kappa shape index (κ1) is 14.2. The molecule has 6 nitrogen and oxygen atoms in total. The van der Waals surface area contributed by atoms with E-state index in [1.165, 1.54) is 4.68 Å². The number of nitrogens with two attached hydrogens (primary N) is 1. The molecular formula is C13H12Cl2N4O2. The average molecular weight is 327 g/mol. The summed E-state index contributed by atoms with van der Waals surface area (Å²) in [5.41, 5.74) is 6.35. The van der Waals surface area contributed by atoms with E-state index < -0.39 is 12.0 Å². The zero-order chi connectivity index (χ0) is 15.1. The summed E-state index contributed by atoms with van der Waals surface area (Å²) >= 11 is 12.0. The zero-order valence-corrected chi connectivity index (χ0v) is 12.3. The van der Waals surface area contributed by atoms with E-state index in [1.807, 2.05) is 0 Å². The normalized spacial score (nSPS) is 21.0. The largest absolute Gasteiger partial charge is 0.480 e. The van der Waals surface area contributed by atoms with Crippen molar-refractivity contribution in [1.29, 1.82) is 0 Å². The number of aryl methyl sites for hydroxylation is 1. The number of rotatable bonds is 2. The molecule has 0 saturated heterocycles. The van der Waals surface area contributed by atoms with Gasteiger partial charge in [0.05, 0.1) is 0 Å². The second kappa shape index (κ2) is 5.20. The van der Waals surface area contributed by atoms with Gasteiger partial charge in [0.15, 0.2) is 6.04 Å². The number of benzene rings is 1. The van der Waals surface area contributed by atoms with Crippen molar-refractivity contribution in [2.45, 2.75) is 24.8 Å². The Balaban J connectivity index is 2.08. The lowest BCUT2D eigenvalue weighted by atomic mass is 9.85.